The van der Waals surface area contributed by atoms with E-state index in [1.165, 1.54) is 0 Å². The van der Waals surface area contributed by atoms with Crippen LogP contribution in [0.4, 0.5) is 0 Å². The van der Waals surface area contributed by atoms with E-state index in [1.807, 2.05) is 31.3 Å². The van der Waals surface area contributed by atoms with Crippen molar-refractivity contribution in [3.05, 3.63) is 46.2 Å². The van der Waals surface area contributed by atoms with Crippen LogP contribution < -0.4 is 0 Å². The predicted octanol–water partition coefficient (Wildman–Crippen LogP) is 2.44. The molecule has 0 saturated heterocycles. The van der Waals surface area contributed by atoms with E-state index in [0.29, 0.717) is 0 Å². The zero-order chi connectivity index (χ0) is 10.8. The van der Waals surface area contributed by atoms with Crippen molar-refractivity contribution in [2.45, 2.75) is 13.5 Å². The first-order chi connectivity index (χ1) is 7.20. The number of aliphatic hydroxyl groups excluding tert-OH is 1. The van der Waals surface area contributed by atoms with E-state index in [9.17, 15) is 5.11 Å². The average molecular weight is 267 g/mol. The molecular weight excluding hydrogens is 256 g/mol. The largest absolute Gasteiger partial charge is 0.392 e. The maximum Gasteiger partial charge on any atom is 0.0703 e. The Bertz CT molecular complexity index is 479. The third-order valence-corrected chi connectivity index (χ3v) is 2.61. The maximum atomic E-state index is 9.26. The third kappa shape index (κ3) is 2.11. The lowest BCUT2D eigenvalue weighted by molar-refractivity contribution is 0.281. The third-order valence-electron chi connectivity index (χ3n) is 2.20. The van der Waals surface area contributed by atoms with Gasteiger partial charge in [0.1, 0.15) is 0 Å². The SMILES string of the molecule is Cc1ccc(-n2cc(Br)cn2)c(CO)c1. The van der Waals surface area contributed by atoms with Gasteiger partial charge >= 0.3 is 0 Å². The van der Waals surface area contributed by atoms with Gasteiger partial charge in [0, 0.05) is 11.8 Å². The minimum absolute atomic E-state index is 0.0223. The molecule has 2 aromatic rings. The minimum atomic E-state index is 0.0223. The fourth-order valence-corrected chi connectivity index (χ4v) is 1.78. The topological polar surface area (TPSA) is 38.0 Å². The lowest BCUT2D eigenvalue weighted by Gasteiger charge is -2.07. The Balaban J connectivity index is 2.52. The quantitative estimate of drug-likeness (QED) is 0.907. The number of hydrogen-bond donors (Lipinski definition) is 1. The second kappa shape index (κ2) is 4.16. The van der Waals surface area contributed by atoms with Gasteiger partial charge in [-0.05, 0) is 28.9 Å². The molecule has 0 aliphatic rings. The summed E-state index contributed by atoms with van der Waals surface area (Å²) in [4.78, 5) is 0. The smallest absolute Gasteiger partial charge is 0.0703 e. The molecule has 0 aliphatic carbocycles. The minimum Gasteiger partial charge on any atom is -0.392 e. The molecule has 15 heavy (non-hydrogen) atoms. The number of aryl methyl sites for hydroxylation is 1. The Morgan fingerprint density at radius 1 is 1.47 bits per heavy atom. The highest BCUT2D eigenvalue weighted by Gasteiger charge is 2.05. The Hall–Kier alpha value is -1.13. The van der Waals surface area contributed by atoms with Gasteiger partial charge in [0.2, 0.25) is 0 Å². The summed E-state index contributed by atoms with van der Waals surface area (Å²) in [5.41, 5.74) is 2.92. The highest BCUT2D eigenvalue weighted by atomic mass is 79.9. The summed E-state index contributed by atoms with van der Waals surface area (Å²) in [6.07, 6.45) is 3.59. The number of hydrogen-bond acceptors (Lipinski definition) is 2. The molecule has 0 unspecified atom stereocenters. The van der Waals surface area contributed by atoms with E-state index in [4.69, 9.17) is 0 Å². The Labute approximate surface area is 96.5 Å². The van der Waals surface area contributed by atoms with E-state index >= 15 is 0 Å². The molecule has 0 aliphatic heterocycles. The molecular formula is C11H11BrN2O. The fourth-order valence-electron chi connectivity index (χ4n) is 1.50. The van der Waals surface area contributed by atoms with Crippen LogP contribution in [-0.2, 0) is 6.61 Å². The molecule has 1 aromatic heterocycles. The molecule has 0 bridgehead atoms. The summed E-state index contributed by atoms with van der Waals surface area (Å²) in [5.74, 6) is 0. The molecule has 2 rings (SSSR count). The van der Waals surface area contributed by atoms with E-state index in [1.54, 1.807) is 10.9 Å². The lowest BCUT2D eigenvalue weighted by Crippen LogP contribution is -2.00. The Kier molecular flexibility index (Phi) is 2.88. The number of aromatic nitrogens is 2. The molecule has 0 fully saturated rings. The van der Waals surface area contributed by atoms with Crippen LogP contribution in [0.1, 0.15) is 11.1 Å². The highest BCUT2D eigenvalue weighted by molar-refractivity contribution is 9.10. The van der Waals surface area contributed by atoms with Gasteiger partial charge in [-0.3, -0.25) is 0 Å². The summed E-state index contributed by atoms with van der Waals surface area (Å²) in [5, 5.41) is 13.4. The van der Waals surface area contributed by atoms with E-state index in [2.05, 4.69) is 21.0 Å². The van der Waals surface area contributed by atoms with Crippen molar-refractivity contribution in [1.29, 1.82) is 0 Å². The molecule has 78 valence electrons. The highest BCUT2D eigenvalue weighted by Crippen LogP contribution is 2.18. The molecule has 0 saturated carbocycles. The van der Waals surface area contributed by atoms with Crippen LogP contribution in [0.2, 0.25) is 0 Å². The first-order valence-corrected chi connectivity index (χ1v) is 5.41. The van der Waals surface area contributed by atoms with Crippen LogP contribution in [0.25, 0.3) is 5.69 Å². The van der Waals surface area contributed by atoms with Gasteiger partial charge in [0.05, 0.1) is 23.0 Å². The molecule has 3 nitrogen and oxygen atoms in total. The van der Waals surface area contributed by atoms with Crippen LogP contribution in [-0.4, -0.2) is 14.9 Å². The molecule has 0 spiro atoms. The van der Waals surface area contributed by atoms with Crippen molar-refractivity contribution >= 4 is 15.9 Å². The van der Waals surface area contributed by atoms with Crippen LogP contribution >= 0.6 is 15.9 Å². The summed E-state index contributed by atoms with van der Waals surface area (Å²) in [6.45, 7) is 2.02. The van der Waals surface area contributed by atoms with Crippen molar-refractivity contribution in [3.63, 3.8) is 0 Å². The van der Waals surface area contributed by atoms with Gasteiger partial charge in [-0.1, -0.05) is 17.7 Å². The van der Waals surface area contributed by atoms with Crippen molar-refractivity contribution in [2.24, 2.45) is 0 Å². The first-order valence-electron chi connectivity index (χ1n) is 4.61. The molecule has 1 heterocycles. The summed E-state index contributed by atoms with van der Waals surface area (Å²) < 4.78 is 2.67. The van der Waals surface area contributed by atoms with Gasteiger partial charge in [0.25, 0.3) is 0 Å². The van der Waals surface area contributed by atoms with Crippen LogP contribution in [0.5, 0.6) is 0 Å². The van der Waals surface area contributed by atoms with Gasteiger partial charge in [-0.15, -0.1) is 0 Å². The molecule has 1 aromatic carbocycles. The summed E-state index contributed by atoms with van der Waals surface area (Å²) in [7, 11) is 0. The second-order valence-corrected chi connectivity index (χ2v) is 4.31. The molecule has 0 radical (unpaired) electrons. The van der Waals surface area contributed by atoms with Crippen LogP contribution in [0, 0.1) is 6.92 Å². The number of rotatable bonds is 2. The monoisotopic (exact) mass is 266 g/mol. The molecule has 4 heteroatoms. The normalized spacial score (nSPS) is 10.6. The predicted molar refractivity (Wildman–Crippen MR) is 61.9 cm³/mol. The molecule has 1 N–H and O–H groups in total. The standard InChI is InChI=1S/C11H11BrN2O/c1-8-2-3-11(9(4-8)7-15)14-6-10(12)5-13-14/h2-6,15H,7H2,1H3. The maximum absolute atomic E-state index is 9.26. The van der Waals surface area contributed by atoms with Crippen molar-refractivity contribution in [3.8, 4) is 5.69 Å². The first kappa shape index (κ1) is 10.4. The summed E-state index contributed by atoms with van der Waals surface area (Å²) in [6, 6.07) is 5.93. The van der Waals surface area contributed by atoms with Gasteiger partial charge in [-0.2, -0.15) is 5.10 Å². The fraction of sp³-hybridized carbons (Fsp3) is 0.182. The van der Waals surface area contributed by atoms with Gasteiger partial charge < -0.3 is 5.11 Å². The molecule has 0 amide bonds. The average Bonchev–Trinajstić information content (AvgIpc) is 2.64. The van der Waals surface area contributed by atoms with E-state index in [0.717, 1.165) is 21.3 Å². The van der Waals surface area contributed by atoms with Crippen molar-refractivity contribution in [1.82, 2.24) is 9.78 Å². The zero-order valence-electron chi connectivity index (χ0n) is 8.31. The van der Waals surface area contributed by atoms with Gasteiger partial charge in [0.15, 0.2) is 0 Å². The summed E-state index contributed by atoms with van der Waals surface area (Å²) >= 11 is 3.34. The van der Waals surface area contributed by atoms with Crippen molar-refractivity contribution < 1.29 is 5.11 Å². The lowest BCUT2D eigenvalue weighted by atomic mass is 10.1. The van der Waals surface area contributed by atoms with Crippen LogP contribution in [0.15, 0.2) is 35.1 Å². The zero-order valence-corrected chi connectivity index (χ0v) is 9.90. The van der Waals surface area contributed by atoms with E-state index < -0.39 is 0 Å². The van der Waals surface area contributed by atoms with Gasteiger partial charge in [-0.25, -0.2) is 4.68 Å². The van der Waals surface area contributed by atoms with Crippen molar-refractivity contribution in [2.75, 3.05) is 0 Å². The number of halogens is 1. The van der Waals surface area contributed by atoms with Crippen LogP contribution in [0.3, 0.4) is 0 Å². The number of aliphatic hydroxyl groups is 1. The Morgan fingerprint density at radius 2 is 2.27 bits per heavy atom. The number of benzene rings is 1. The molecule has 0 atom stereocenters. The second-order valence-electron chi connectivity index (χ2n) is 3.39. The Morgan fingerprint density at radius 3 is 2.87 bits per heavy atom. The number of nitrogens with zero attached hydrogens (tertiary/aromatic N) is 2. The van der Waals surface area contributed by atoms with E-state index in [-0.39, 0.29) is 6.61 Å².